The molecule has 1 aromatic heterocycles. The van der Waals surface area contributed by atoms with Gasteiger partial charge in [-0.05, 0) is 72.0 Å². The number of pyridine rings is 1. The summed E-state index contributed by atoms with van der Waals surface area (Å²) in [6, 6.07) is 15.5. The Balaban J connectivity index is 1.40. The fourth-order valence-electron chi connectivity index (χ4n) is 4.74. The highest BCUT2D eigenvalue weighted by Crippen LogP contribution is 2.22. The van der Waals surface area contributed by atoms with Crippen LogP contribution in [-0.4, -0.2) is 73.5 Å². The van der Waals surface area contributed by atoms with E-state index >= 15 is 0 Å². The summed E-state index contributed by atoms with van der Waals surface area (Å²) >= 11 is 0. The zero-order valence-corrected chi connectivity index (χ0v) is 27.4. The normalized spacial score (nSPS) is 14.4. The van der Waals surface area contributed by atoms with Crippen molar-refractivity contribution < 1.29 is 27.9 Å². The van der Waals surface area contributed by atoms with Crippen LogP contribution in [-0.2, 0) is 21.5 Å². The number of carboxylic acid groups (broad SMARTS) is 1. The second kappa shape index (κ2) is 15.7. The monoisotopic (exact) mass is 647 g/mol. The SMILES string of the molecule is CC(C)COc1ccc(C#Cc2ccc(N3CCN(S(=O)(=O)N[C@@H](C(=O)O)C(C)C)CC3)cc2)cc1C(=O)NCc1ccncc1. The number of amides is 1. The van der Waals surface area contributed by atoms with Crippen molar-refractivity contribution in [3.63, 3.8) is 0 Å². The van der Waals surface area contributed by atoms with Crippen molar-refractivity contribution >= 4 is 27.8 Å². The Labute approximate surface area is 271 Å². The third-order valence-corrected chi connectivity index (χ3v) is 8.97. The van der Waals surface area contributed by atoms with Crippen molar-refractivity contribution in [1.82, 2.24) is 19.3 Å². The Kier molecular flexibility index (Phi) is 11.8. The van der Waals surface area contributed by atoms with Gasteiger partial charge in [-0.3, -0.25) is 14.6 Å². The molecule has 0 radical (unpaired) electrons. The van der Waals surface area contributed by atoms with Crippen LogP contribution in [0.5, 0.6) is 5.75 Å². The first-order valence-corrected chi connectivity index (χ1v) is 16.7. The molecule has 11 nitrogen and oxygen atoms in total. The first-order valence-electron chi connectivity index (χ1n) is 15.2. The van der Waals surface area contributed by atoms with Gasteiger partial charge in [0.25, 0.3) is 16.1 Å². The first kappa shape index (κ1) is 34.4. The molecule has 0 unspecified atom stereocenters. The van der Waals surface area contributed by atoms with Gasteiger partial charge >= 0.3 is 5.97 Å². The molecule has 1 aliphatic rings. The van der Waals surface area contributed by atoms with Crippen LogP contribution in [0.3, 0.4) is 0 Å². The Bertz CT molecular complexity index is 1660. The molecule has 1 amide bonds. The third kappa shape index (κ3) is 9.53. The topological polar surface area (TPSA) is 141 Å². The van der Waals surface area contributed by atoms with Crippen LogP contribution in [0.15, 0.2) is 67.0 Å². The molecule has 1 fully saturated rings. The van der Waals surface area contributed by atoms with E-state index < -0.39 is 22.2 Å². The summed E-state index contributed by atoms with van der Waals surface area (Å²) in [6.07, 6.45) is 3.36. The summed E-state index contributed by atoms with van der Waals surface area (Å²) in [5.74, 6) is 5.26. The van der Waals surface area contributed by atoms with Crippen molar-refractivity contribution in [2.75, 3.05) is 37.7 Å². The van der Waals surface area contributed by atoms with Gasteiger partial charge < -0.3 is 20.1 Å². The molecular weight excluding hydrogens is 606 g/mol. The van der Waals surface area contributed by atoms with Gasteiger partial charge in [0.05, 0.1) is 12.2 Å². The van der Waals surface area contributed by atoms with Gasteiger partial charge in [-0.25, -0.2) is 0 Å². The Hall–Kier alpha value is -4.44. The van der Waals surface area contributed by atoms with Gasteiger partial charge in [-0.1, -0.05) is 39.5 Å². The van der Waals surface area contributed by atoms with E-state index in [0.29, 0.717) is 49.0 Å². The summed E-state index contributed by atoms with van der Waals surface area (Å²) in [6.45, 7) is 9.64. The fraction of sp³-hybridized carbons (Fsp3) is 0.382. The number of hydrogen-bond donors (Lipinski definition) is 3. The van der Waals surface area contributed by atoms with Crippen LogP contribution in [0.2, 0.25) is 0 Å². The van der Waals surface area contributed by atoms with Crippen molar-refractivity contribution in [1.29, 1.82) is 0 Å². The average Bonchev–Trinajstić information content (AvgIpc) is 3.05. The van der Waals surface area contributed by atoms with Crippen molar-refractivity contribution in [2.24, 2.45) is 11.8 Å². The minimum absolute atomic E-state index is 0.233. The van der Waals surface area contributed by atoms with Gasteiger partial charge in [0.1, 0.15) is 11.8 Å². The lowest BCUT2D eigenvalue weighted by atomic mass is 10.1. The number of nitrogens with zero attached hydrogens (tertiary/aromatic N) is 3. The smallest absolute Gasteiger partial charge is 0.322 e. The number of aromatic nitrogens is 1. The lowest BCUT2D eigenvalue weighted by Gasteiger charge is -2.36. The zero-order valence-electron chi connectivity index (χ0n) is 26.6. The number of hydrogen-bond acceptors (Lipinski definition) is 7. The molecular formula is C34H41N5O6S. The molecule has 3 N–H and O–H groups in total. The summed E-state index contributed by atoms with van der Waals surface area (Å²) in [5, 5.41) is 12.3. The molecule has 4 rings (SSSR count). The number of carbonyl (C=O) groups is 2. The maximum atomic E-state index is 13.2. The van der Waals surface area contributed by atoms with E-state index in [9.17, 15) is 23.1 Å². The Morgan fingerprint density at radius 1 is 0.935 bits per heavy atom. The van der Waals surface area contributed by atoms with Gasteiger partial charge in [0.15, 0.2) is 0 Å². The molecule has 0 spiro atoms. The first-order chi connectivity index (χ1) is 21.9. The molecule has 1 atom stereocenters. The van der Waals surface area contributed by atoms with Crippen LogP contribution in [0.4, 0.5) is 5.69 Å². The van der Waals surface area contributed by atoms with Gasteiger partial charge in [-0.15, -0.1) is 0 Å². The van der Waals surface area contributed by atoms with Crippen LogP contribution >= 0.6 is 0 Å². The van der Waals surface area contributed by atoms with Crippen LogP contribution in [0.25, 0.3) is 0 Å². The number of carbonyl (C=O) groups excluding carboxylic acids is 1. The number of anilines is 1. The highest BCUT2D eigenvalue weighted by molar-refractivity contribution is 7.87. The number of rotatable bonds is 12. The van der Waals surface area contributed by atoms with E-state index in [1.165, 1.54) is 4.31 Å². The van der Waals surface area contributed by atoms with Crippen molar-refractivity contribution in [3.05, 3.63) is 89.2 Å². The van der Waals surface area contributed by atoms with Gasteiger partial charge in [0, 0.05) is 61.9 Å². The highest BCUT2D eigenvalue weighted by Gasteiger charge is 2.33. The molecule has 1 aliphatic heterocycles. The molecule has 1 saturated heterocycles. The van der Waals surface area contributed by atoms with E-state index in [1.54, 1.807) is 38.4 Å². The zero-order chi connectivity index (χ0) is 33.3. The lowest BCUT2D eigenvalue weighted by molar-refractivity contribution is -0.140. The van der Waals surface area contributed by atoms with E-state index in [-0.39, 0.29) is 24.9 Å². The quantitative estimate of drug-likeness (QED) is 0.254. The number of aliphatic carboxylic acids is 1. The predicted octanol–water partition coefficient (Wildman–Crippen LogP) is 3.51. The second-order valence-electron chi connectivity index (χ2n) is 11.8. The Morgan fingerprint density at radius 3 is 2.17 bits per heavy atom. The van der Waals surface area contributed by atoms with Gasteiger partial charge in [-0.2, -0.15) is 17.4 Å². The third-order valence-electron chi connectivity index (χ3n) is 7.37. The molecule has 12 heteroatoms. The molecule has 3 aromatic rings. The summed E-state index contributed by atoms with van der Waals surface area (Å²) < 4.78 is 35.1. The standard InChI is InChI=1S/C34H41N5O6S/c1-24(2)23-45-31-12-9-27(21-30(31)33(40)36-22-28-13-15-35-16-14-28)6-5-26-7-10-29(11-8-26)38-17-19-39(20-18-38)46(43,44)37-32(25(3)4)34(41)42/h7-16,21,24-25,32,37H,17-20,22-23H2,1-4H3,(H,36,40)(H,41,42)/t32-/m1/s1. The second-order valence-corrected chi connectivity index (χ2v) is 13.5. The molecule has 0 saturated carbocycles. The number of benzene rings is 2. The number of ether oxygens (including phenoxy) is 1. The average molecular weight is 648 g/mol. The maximum Gasteiger partial charge on any atom is 0.322 e. The predicted molar refractivity (Wildman–Crippen MR) is 177 cm³/mol. The molecule has 46 heavy (non-hydrogen) atoms. The largest absolute Gasteiger partial charge is 0.492 e. The van der Waals surface area contributed by atoms with Crippen molar-refractivity contribution in [2.45, 2.75) is 40.3 Å². The van der Waals surface area contributed by atoms with Crippen LogP contribution < -0.4 is 19.7 Å². The molecule has 0 bridgehead atoms. The van der Waals surface area contributed by atoms with Crippen LogP contribution in [0.1, 0.15) is 54.7 Å². The minimum Gasteiger partial charge on any atom is -0.492 e. The lowest BCUT2D eigenvalue weighted by Crippen LogP contribution is -2.55. The summed E-state index contributed by atoms with van der Waals surface area (Å²) in [5.41, 5.74) is 3.73. The van der Waals surface area contributed by atoms with Crippen molar-refractivity contribution in [3.8, 4) is 17.6 Å². The Morgan fingerprint density at radius 2 is 1.57 bits per heavy atom. The fourth-order valence-corrected chi connectivity index (χ4v) is 6.23. The number of carboxylic acids is 1. The van der Waals surface area contributed by atoms with Gasteiger partial charge in [0.2, 0.25) is 0 Å². The van der Waals surface area contributed by atoms with Crippen LogP contribution in [0, 0.1) is 23.7 Å². The van der Waals surface area contributed by atoms with E-state index in [4.69, 9.17) is 4.74 Å². The molecule has 2 heterocycles. The summed E-state index contributed by atoms with van der Waals surface area (Å²) in [7, 11) is -3.93. The molecule has 2 aromatic carbocycles. The minimum atomic E-state index is -3.93. The van der Waals surface area contributed by atoms with E-state index in [2.05, 4.69) is 31.8 Å². The molecule has 0 aliphatic carbocycles. The number of piperazine rings is 1. The highest BCUT2D eigenvalue weighted by atomic mass is 32.2. The van der Waals surface area contributed by atoms with E-state index in [1.807, 2.05) is 56.3 Å². The summed E-state index contributed by atoms with van der Waals surface area (Å²) in [4.78, 5) is 30.7. The van der Waals surface area contributed by atoms with E-state index in [0.717, 1.165) is 16.8 Å². The maximum absolute atomic E-state index is 13.2. The number of nitrogens with one attached hydrogen (secondary N) is 2. The molecule has 244 valence electrons.